The molecule has 0 N–H and O–H groups in total. The molecule has 0 amide bonds. The number of allylic oxidation sites excluding steroid dienone is 4. The molecule has 0 nitrogen and oxygen atoms in total. The predicted molar refractivity (Wildman–Crippen MR) is 167 cm³/mol. The summed E-state index contributed by atoms with van der Waals surface area (Å²) in [6.45, 7) is 19.1. The van der Waals surface area contributed by atoms with Crippen LogP contribution in [0.4, 0.5) is 0 Å². The zero-order valence-electron chi connectivity index (χ0n) is 24.2. The van der Waals surface area contributed by atoms with Gasteiger partial charge in [0.1, 0.15) is 0 Å². The molecule has 0 unspecified atom stereocenters. The van der Waals surface area contributed by atoms with Gasteiger partial charge < -0.3 is 0 Å². The van der Waals surface area contributed by atoms with Gasteiger partial charge >= 0.3 is 35.0 Å². The third kappa shape index (κ3) is 19.3. The van der Waals surface area contributed by atoms with Crippen LogP contribution in [0.1, 0.15) is 120 Å². The van der Waals surface area contributed by atoms with Crippen molar-refractivity contribution < 1.29 is 15.9 Å². The molecule has 0 aromatic rings. The molecule has 0 spiro atoms. The minimum atomic E-state index is -0.106. The maximum absolute atomic E-state index is 4.81. The van der Waals surface area contributed by atoms with Crippen molar-refractivity contribution >= 4 is 34.9 Å². The van der Waals surface area contributed by atoms with Gasteiger partial charge in [-0.2, -0.15) is 0 Å². The zero-order valence-corrected chi connectivity index (χ0v) is 29.1. The van der Waals surface area contributed by atoms with Crippen molar-refractivity contribution in [1.29, 1.82) is 0 Å². The van der Waals surface area contributed by atoms with Gasteiger partial charge in [0, 0.05) is 0 Å². The van der Waals surface area contributed by atoms with Crippen LogP contribution >= 0.6 is 34.9 Å². The van der Waals surface area contributed by atoms with Crippen LogP contribution in [0.3, 0.4) is 0 Å². The van der Waals surface area contributed by atoms with E-state index in [1.807, 2.05) is 0 Å². The SMILES string of the molecule is CC(C)P(CC=CC1CCCCC1)C(C)C.CC(C)P(CC=CC1CCCCC1)C(C)C.[Cl][Pd][Cl]. The first kappa shape index (κ1) is 36.6. The van der Waals surface area contributed by atoms with Crippen LogP contribution in [0.25, 0.3) is 0 Å². The summed E-state index contributed by atoms with van der Waals surface area (Å²) >= 11 is -0.106. The Kier molecular flexibility index (Phi) is 24.5. The van der Waals surface area contributed by atoms with Gasteiger partial charge in [0.2, 0.25) is 0 Å². The number of halogens is 2. The molecule has 0 heterocycles. The van der Waals surface area contributed by atoms with Gasteiger partial charge in [0.15, 0.2) is 0 Å². The third-order valence-corrected chi connectivity index (χ3v) is 14.0. The van der Waals surface area contributed by atoms with Crippen molar-refractivity contribution in [3.8, 4) is 0 Å². The van der Waals surface area contributed by atoms with Gasteiger partial charge in [0.25, 0.3) is 0 Å². The summed E-state index contributed by atoms with van der Waals surface area (Å²) in [6, 6.07) is 0. The summed E-state index contributed by atoms with van der Waals surface area (Å²) < 4.78 is 0. The molecular weight excluding hydrogens is 600 g/mol. The van der Waals surface area contributed by atoms with Crippen molar-refractivity contribution in [2.24, 2.45) is 11.8 Å². The Morgan fingerprint density at radius 1 is 0.571 bits per heavy atom. The molecular formula is C30H58Cl2P2Pd. The van der Waals surface area contributed by atoms with E-state index in [9.17, 15) is 0 Å². The van der Waals surface area contributed by atoms with Crippen LogP contribution in [-0.4, -0.2) is 35.0 Å². The van der Waals surface area contributed by atoms with E-state index in [1.165, 1.54) is 76.5 Å². The average molecular weight is 658 g/mol. The molecule has 2 fully saturated rings. The van der Waals surface area contributed by atoms with Crippen molar-refractivity contribution in [3.05, 3.63) is 24.3 Å². The van der Waals surface area contributed by atoms with E-state index in [1.54, 1.807) is 0 Å². The average Bonchev–Trinajstić information content (AvgIpc) is 2.81. The molecule has 0 aromatic carbocycles. The Morgan fingerprint density at radius 2 is 0.829 bits per heavy atom. The van der Waals surface area contributed by atoms with Crippen LogP contribution < -0.4 is 0 Å². The van der Waals surface area contributed by atoms with E-state index in [4.69, 9.17) is 19.1 Å². The van der Waals surface area contributed by atoms with Crippen molar-refractivity contribution in [1.82, 2.24) is 0 Å². The molecule has 2 saturated carbocycles. The van der Waals surface area contributed by atoms with Crippen LogP contribution in [0.5, 0.6) is 0 Å². The second-order valence-electron chi connectivity index (χ2n) is 11.5. The van der Waals surface area contributed by atoms with Gasteiger partial charge in [-0.15, -0.1) is 0 Å². The summed E-state index contributed by atoms with van der Waals surface area (Å²) in [7, 11) is 10.0. The van der Waals surface area contributed by atoms with E-state index in [0.717, 1.165) is 34.5 Å². The summed E-state index contributed by atoms with van der Waals surface area (Å²) in [5.41, 5.74) is 3.52. The second kappa shape index (κ2) is 23.5. The zero-order chi connectivity index (χ0) is 26.6. The first-order valence-corrected chi connectivity index (χ1v) is 21.6. The Balaban J connectivity index is 0.000000594. The molecule has 212 valence electrons. The van der Waals surface area contributed by atoms with Crippen LogP contribution in [0.2, 0.25) is 0 Å². The molecule has 0 radical (unpaired) electrons. The molecule has 2 rings (SSSR count). The monoisotopic (exact) mass is 656 g/mol. The number of hydrogen-bond acceptors (Lipinski definition) is 0. The predicted octanol–water partition coefficient (Wildman–Crippen LogP) is 12.2. The third-order valence-electron chi connectivity index (χ3n) is 7.40. The topological polar surface area (TPSA) is 0 Å². The first-order valence-electron chi connectivity index (χ1n) is 14.3. The normalized spacial score (nSPS) is 18.4. The Labute approximate surface area is 240 Å². The molecule has 0 saturated heterocycles. The molecule has 2 aliphatic rings. The first-order chi connectivity index (χ1) is 16.6. The Bertz CT molecular complexity index is 460. The van der Waals surface area contributed by atoms with Crippen LogP contribution in [-0.2, 0) is 15.9 Å². The van der Waals surface area contributed by atoms with Crippen LogP contribution in [0.15, 0.2) is 24.3 Å². The Morgan fingerprint density at radius 3 is 1.06 bits per heavy atom. The number of hydrogen-bond donors (Lipinski definition) is 0. The quantitative estimate of drug-likeness (QED) is 0.125. The van der Waals surface area contributed by atoms with Gasteiger partial charge in [0.05, 0.1) is 0 Å². The van der Waals surface area contributed by atoms with Gasteiger partial charge in [-0.25, -0.2) is 0 Å². The van der Waals surface area contributed by atoms with Crippen LogP contribution in [0, 0.1) is 11.8 Å². The maximum atomic E-state index is 4.81. The fraction of sp³-hybridized carbons (Fsp3) is 0.867. The minimum absolute atomic E-state index is 0.106. The number of rotatable bonds is 10. The fourth-order valence-corrected chi connectivity index (χ4v) is 10.2. The Hall–Kier alpha value is 1.58. The van der Waals surface area contributed by atoms with Gasteiger partial charge in [-0.05, 0) is 72.5 Å². The summed E-state index contributed by atoms with van der Waals surface area (Å²) in [6.07, 6.45) is 27.3. The molecule has 2 aliphatic carbocycles. The standard InChI is InChI=1S/2C15H29P.2ClH.Pd/c2*1-13(2)16(14(3)4)12-8-11-15-9-6-5-7-10-15;;;/h2*8,11,13-15H,5-7,9-10,12H2,1-4H3;2*1H;/q;;;;+2/p-2. The summed E-state index contributed by atoms with van der Waals surface area (Å²) in [5, 5.41) is 0. The summed E-state index contributed by atoms with van der Waals surface area (Å²) in [4.78, 5) is 0. The van der Waals surface area contributed by atoms with E-state index < -0.39 is 0 Å². The molecule has 0 aliphatic heterocycles. The van der Waals surface area contributed by atoms with E-state index in [0.29, 0.717) is 0 Å². The fourth-order valence-electron chi connectivity index (χ4n) is 5.44. The van der Waals surface area contributed by atoms with Crippen molar-refractivity contribution in [3.63, 3.8) is 0 Å². The molecule has 0 bridgehead atoms. The second-order valence-corrected chi connectivity index (χ2v) is 20.7. The van der Waals surface area contributed by atoms with Crippen molar-refractivity contribution in [2.45, 2.75) is 142 Å². The summed E-state index contributed by atoms with van der Waals surface area (Å²) in [5.74, 6) is 1.81. The molecule has 5 heteroatoms. The molecule has 0 aromatic heterocycles. The van der Waals surface area contributed by atoms with Crippen molar-refractivity contribution in [2.75, 3.05) is 12.3 Å². The van der Waals surface area contributed by atoms with E-state index >= 15 is 0 Å². The van der Waals surface area contributed by atoms with Gasteiger partial charge in [-0.1, -0.05) is 134 Å². The van der Waals surface area contributed by atoms with Gasteiger partial charge in [-0.3, -0.25) is 0 Å². The van der Waals surface area contributed by atoms with E-state index in [-0.39, 0.29) is 31.8 Å². The molecule has 35 heavy (non-hydrogen) atoms. The van der Waals surface area contributed by atoms with E-state index in [2.05, 4.69) is 79.7 Å². The molecule has 0 atom stereocenters.